The highest BCUT2D eigenvalue weighted by Crippen LogP contribution is 2.42. The smallest absolute Gasteiger partial charge is 0.255 e. The van der Waals surface area contributed by atoms with E-state index in [4.69, 9.17) is 4.74 Å². The summed E-state index contributed by atoms with van der Waals surface area (Å²) >= 11 is 1.60. The van der Waals surface area contributed by atoms with E-state index in [9.17, 15) is 9.59 Å². The normalized spacial score (nSPS) is 15.4. The van der Waals surface area contributed by atoms with E-state index < -0.39 is 0 Å². The van der Waals surface area contributed by atoms with Crippen molar-refractivity contribution in [1.82, 2.24) is 0 Å². The zero-order chi connectivity index (χ0) is 24.1. The van der Waals surface area contributed by atoms with Gasteiger partial charge in [0.1, 0.15) is 11.1 Å². The second-order valence-electron chi connectivity index (χ2n) is 8.50. The maximum Gasteiger partial charge on any atom is 0.255 e. The lowest BCUT2D eigenvalue weighted by molar-refractivity contribution is -0.115. The Bertz CT molecular complexity index is 1180. The van der Waals surface area contributed by atoms with Gasteiger partial charge in [0.2, 0.25) is 5.91 Å². The van der Waals surface area contributed by atoms with Crippen molar-refractivity contribution in [2.24, 2.45) is 0 Å². The van der Waals surface area contributed by atoms with Crippen LogP contribution in [0.1, 0.15) is 52.2 Å². The molecule has 1 atom stereocenters. The number of nitrogens with zero attached hydrogens (tertiary/aromatic N) is 1. The maximum absolute atomic E-state index is 12.8. The molecule has 34 heavy (non-hydrogen) atoms. The molecule has 1 heterocycles. The number of nitrogens with one attached hydrogen (secondary N) is 1. The topological polar surface area (TPSA) is 58.6 Å². The third kappa shape index (κ3) is 5.45. The molecule has 1 N–H and O–H groups in total. The number of aryl methyl sites for hydroxylation is 2. The van der Waals surface area contributed by atoms with Gasteiger partial charge in [-0.1, -0.05) is 31.5 Å². The SMILES string of the molecule is CCCCOc1ccc(C(=O)Nc2cccc(C3SCC(=O)N3c3ccc(C)c(C)c3)c2)cc1. The molecule has 6 heteroatoms. The second-order valence-corrected chi connectivity index (χ2v) is 9.57. The Morgan fingerprint density at radius 3 is 2.59 bits per heavy atom. The number of carbonyl (C=O) groups excluding carboxylic acids is 2. The molecule has 176 valence electrons. The first-order valence-corrected chi connectivity index (χ1v) is 12.7. The quantitative estimate of drug-likeness (QED) is 0.378. The van der Waals surface area contributed by atoms with Crippen LogP contribution in [-0.2, 0) is 4.79 Å². The van der Waals surface area contributed by atoms with Gasteiger partial charge in [0.25, 0.3) is 5.91 Å². The van der Waals surface area contributed by atoms with Gasteiger partial charge in [-0.15, -0.1) is 11.8 Å². The number of rotatable bonds is 8. The van der Waals surface area contributed by atoms with E-state index in [1.807, 2.05) is 47.4 Å². The lowest BCUT2D eigenvalue weighted by atomic mass is 10.1. The predicted molar refractivity (Wildman–Crippen MR) is 140 cm³/mol. The van der Waals surface area contributed by atoms with Crippen molar-refractivity contribution in [3.63, 3.8) is 0 Å². The van der Waals surface area contributed by atoms with Gasteiger partial charge < -0.3 is 10.1 Å². The summed E-state index contributed by atoms with van der Waals surface area (Å²) in [4.78, 5) is 27.4. The number of thioether (sulfide) groups is 1. The molecule has 0 spiro atoms. The van der Waals surface area contributed by atoms with Crippen LogP contribution in [0.15, 0.2) is 66.7 Å². The molecule has 0 radical (unpaired) electrons. The molecule has 0 aromatic heterocycles. The number of ether oxygens (including phenoxy) is 1. The van der Waals surface area contributed by atoms with Crippen molar-refractivity contribution in [2.45, 2.75) is 39.0 Å². The molecule has 2 amide bonds. The molecule has 1 aliphatic heterocycles. The Labute approximate surface area is 205 Å². The maximum atomic E-state index is 12.8. The molecule has 0 aliphatic carbocycles. The molecule has 5 nitrogen and oxygen atoms in total. The third-order valence-corrected chi connectivity index (χ3v) is 7.16. The molecule has 0 saturated carbocycles. The zero-order valence-electron chi connectivity index (χ0n) is 19.8. The first kappa shape index (κ1) is 23.9. The fourth-order valence-electron chi connectivity index (χ4n) is 3.84. The predicted octanol–water partition coefficient (Wildman–Crippen LogP) is 6.51. The Hall–Kier alpha value is -3.25. The summed E-state index contributed by atoms with van der Waals surface area (Å²) < 4.78 is 5.67. The highest BCUT2D eigenvalue weighted by atomic mass is 32.2. The number of hydrogen-bond donors (Lipinski definition) is 1. The first-order chi connectivity index (χ1) is 16.5. The Morgan fingerprint density at radius 1 is 1.06 bits per heavy atom. The monoisotopic (exact) mass is 474 g/mol. The van der Waals surface area contributed by atoms with Crippen LogP contribution in [-0.4, -0.2) is 24.2 Å². The molecular weight excluding hydrogens is 444 g/mol. The van der Waals surface area contributed by atoms with Crippen LogP contribution >= 0.6 is 11.8 Å². The van der Waals surface area contributed by atoms with Gasteiger partial charge in [0.05, 0.1) is 12.4 Å². The van der Waals surface area contributed by atoms with E-state index in [1.165, 1.54) is 5.56 Å². The Kier molecular flexibility index (Phi) is 7.58. The molecule has 1 fully saturated rings. The van der Waals surface area contributed by atoms with E-state index in [2.05, 4.69) is 38.2 Å². The zero-order valence-corrected chi connectivity index (χ0v) is 20.7. The summed E-state index contributed by atoms with van der Waals surface area (Å²) in [6, 6.07) is 21.0. The summed E-state index contributed by atoms with van der Waals surface area (Å²) in [6.07, 6.45) is 2.08. The van der Waals surface area contributed by atoms with Crippen LogP contribution in [0.4, 0.5) is 11.4 Å². The number of hydrogen-bond acceptors (Lipinski definition) is 4. The molecular formula is C28H30N2O3S. The molecule has 1 saturated heterocycles. The van der Waals surface area contributed by atoms with E-state index in [-0.39, 0.29) is 17.2 Å². The third-order valence-electron chi connectivity index (χ3n) is 5.95. The van der Waals surface area contributed by atoms with E-state index >= 15 is 0 Å². The molecule has 3 aromatic carbocycles. The van der Waals surface area contributed by atoms with Crippen LogP contribution < -0.4 is 15.0 Å². The van der Waals surface area contributed by atoms with E-state index in [1.54, 1.807) is 23.9 Å². The average Bonchev–Trinajstić information content (AvgIpc) is 3.23. The van der Waals surface area contributed by atoms with Crippen LogP contribution in [0.2, 0.25) is 0 Å². The number of unbranched alkanes of at least 4 members (excludes halogenated alkanes) is 1. The van der Waals surface area contributed by atoms with Crippen LogP contribution in [0.3, 0.4) is 0 Å². The molecule has 4 rings (SSSR count). The van der Waals surface area contributed by atoms with Gasteiger partial charge in [-0.2, -0.15) is 0 Å². The van der Waals surface area contributed by atoms with Crippen molar-refractivity contribution in [1.29, 1.82) is 0 Å². The van der Waals surface area contributed by atoms with Crippen molar-refractivity contribution in [3.05, 3.63) is 89.0 Å². The fourth-order valence-corrected chi connectivity index (χ4v) is 5.00. The first-order valence-electron chi connectivity index (χ1n) is 11.6. The van der Waals surface area contributed by atoms with Crippen molar-refractivity contribution < 1.29 is 14.3 Å². The van der Waals surface area contributed by atoms with Gasteiger partial charge in [-0.3, -0.25) is 14.5 Å². The number of anilines is 2. The minimum Gasteiger partial charge on any atom is -0.494 e. The van der Waals surface area contributed by atoms with E-state index in [0.717, 1.165) is 35.4 Å². The number of carbonyl (C=O) groups is 2. The van der Waals surface area contributed by atoms with Crippen LogP contribution in [0, 0.1) is 13.8 Å². The van der Waals surface area contributed by atoms with Crippen LogP contribution in [0.25, 0.3) is 0 Å². The molecule has 1 unspecified atom stereocenters. The van der Waals surface area contributed by atoms with Gasteiger partial charge in [0.15, 0.2) is 0 Å². The van der Waals surface area contributed by atoms with Gasteiger partial charge in [-0.25, -0.2) is 0 Å². The Balaban J connectivity index is 1.48. The Morgan fingerprint density at radius 2 is 1.85 bits per heavy atom. The van der Waals surface area contributed by atoms with Crippen molar-refractivity contribution >= 4 is 35.0 Å². The largest absolute Gasteiger partial charge is 0.494 e. The molecule has 1 aliphatic rings. The number of benzene rings is 3. The summed E-state index contributed by atoms with van der Waals surface area (Å²) in [5.41, 5.74) is 5.50. The average molecular weight is 475 g/mol. The standard InChI is InChI=1S/C28H30N2O3S/c1-4-5-15-33-25-13-10-21(11-14-25)27(32)29-23-8-6-7-22(17-23)28-30(26(31)18-34-28)24-12-9-19(2)20(3)16-24/h6-14,16-17,28H,4-5,15,18H2,1-3H3,(H,29,32). The second kappa shape index (κ2) is 10.8. The summed E-state index contributed by atoms with van der Waals surface area (Å²) in [5, 5.41) is 2.85. The van der Waals surface area contributed by atoms with Gasteiger partial charge in [0, 0.05) is 16.9 Å². The van der Waals surface area contributed by atoms with Crippen LogP contribution in [0.5, 0.6) is 5.75 Å². The minimum atomic E-state index is -0.182. The number of amides is 2. The fraction of sp³-hybridized carbons (Fsp3) is 0.286. The molecule has 3 aromatic rings. The summed E-state index contributed by atoms with van der Waals surface area (Å²) in [5.74, 6) is 1.11. The highest BCUT2D eigenvalue weighted by molar-refractivity contribution is 8.00. The van der Waals surface area contributed by atoms with Crippen molar-refractivity contribution in [2.75, 3.05) is 22.6 Å². The van der Waals surface area contributed by atoms with Crippen molar-refractivity contribution in [3.8, 4) is 5.75 Å². The van der Waals surface area contributed by atoms with Gasteiger partial charge in [-0.05, 0) is 85.5 Å². The summed E-state index contributed by atoms with van der Waals surface area (Å²) in [6.45, 7) is 6.92. The summed E-state index contributed by atoms with van der Waals surface area (Å²) in [7, 11) is 0. The van der Waals surface area contributed by atoms with E-state index in [0.29, 0.717) is 23.6 Å². The molecule has 0 bridgehead atoms. The lowest BCUT2D eigenvalue weighted by Crippen LogP contribution is -2.28. The van der Waals surface area contributed by atoms with Gasteiger partial charge >= 0.3 is 0 Å². The highest BCUT2D eigenvalue weighted by Gasteiger charge is 2.34. The lowest BCUT2D eigenvalue weighted by Gasteiger charge is -2.25. The minimum absolute atomic E-state index is 0.0916.